The molecule has 0 unspecified atom stereocenters. The minimum Gasteiger partial charge on any atom is -0.395 e. The van der Waals surface area contributed by atoms with Gasteiger partial charge in [0.1, 0.15) is 16.5 Å². The van der Waals surface area contributed by atoms with Crippen molar-refractivity contribution < 1.29 is 19.4 Å². The number of carbonyl (C=O) groups excluding carboxylic acids is 1. The third-order valence-corrected chi connectivity index (χ3v) is 3.73. The van der Waals surface area contributed by atoms with Crippen LogP contribution in [0.3, 0.4) is 0 Å². The van der Waals surface area contributed by atoms with Gasteiger partial charge in [-0.1, -0.05) is 0 Å². The lowest BCUT2D eigenvalue weighted by atomic mass is 10.2. The van der Waals surface area contributed by atoms with Crippen LogP contribution in [0.25, 0.3) is 10.6 Å². The summed E-state index contributed by atoms with van der Waals surface area (Å²) in [5.74, 6) is -0.675. The van der Waals surface area contributed by atoms with Crippen molar-refractivity contribution in [2.75, 3.05) is 26.3 Å². The third-order valence-electron chi connectivity index (χ3n) is 2.84. The lowest BCUT2D eigenvalue weighted by molar-refractivity contribution is 0.0680. The highest BCUT2D eigenvalue weighted by Gasteiger charge is 2.18. The van der Waals surface area contributed by atoms with Crippen LogP contribution in [0.15, 0.2) is 29.6 Å². The van der Waals surface area contributed by atoms with Gasteiger partial charge in [0, 0.05) is 24.0 Å². The zero-order valence-corrected chi connectivity index (χ0v) is 12.0. The van der Waals surface area contributed by atoms with E-state index in [2.05, 4.69) is 4.98 Å². The minimum absolute atomic E-state index is 0.142. The molecule has 1 amide bonds. The van der Waals surface area contributed by atoms with Crippen LogP contribution < -0.4 is 0 Å². The van der Waals surface area contributed by atoms with E-state index >= 15 is 0 Å². The van der Waals surface area contributed by atoms with Crippen molar-refractivity contribution in [3.63, 3.8) is 0 Å². The molecule has 0 aliphatic carbocycles. The number of hydrogen-bond donors (Lipinski definition) is 2. The molecular weight excluding hydrogens is 295 g/mol. The molecule has 2 N–H and O–H groups in total. The Labute approximate surface area is 125 Å². The molecule has 1 aromatic heterocycles. The van der Waals surface area contributed by atoms with Gasteiger partial charge in [-0.2, -0.15) is 0 Å². The van der Waals surface area contributed by atoms with Crippen molar-refractivity contribution in [3.05, 3.63) is 41.2 Å². The van der Waals surface area contributed by atoms with Crippen LogP contribution in [0.1, 0.15) is 10.5 Å². The van der Waals surface area contributed by atoms with Crippen molar-refractivity contribution in [2.24, 2.45) is 0 Å². The number of amides is 1. The topological polar surface area (TPSA) is 73.7 Å². The number of carbonyl (C=O) groups is 1. The predicted octanol–water partition coefficient (Wildman–Crippen LogP) is 1.38. The third kappa shape index (κ3) is 3.84. The summed E-state index contributed by atoms with van der Waals surface area (Å²) in [5.41, 5.74) is 0.984. The second-order valence-corrected chi connectivity index (χ2v) is 5.14. The molecule has 0 fully saturated rings. The van der Waals surface area contributed by atoms with Crippen LogP contribution in [-0.2, 0) is 0 Å². The maximum Gasteiger partial charge on any atom is 0.273 e. The lowest BCUT2D eigenvalue weighted by Gasteiger charge is -2.19. The van der Waals surface area contributed by atoms with E-state index in [1.807, 2.05) is 0 Å². The predicted molar refractivity (Wildman–Crippen MR) is 77.6 cm³/mol. The molecule has 0 spiro atoms. The Balaban J connectivity index is 2.18. The van der Waals surface area contributed by atoms with E-state index in [4.69, 9.17) is 10.2 Å². The fraction of sp³-hybridized carbons (Fsp3) is 0.286. The van der Waals surface area contributed by atoms with Crippen LogP contribution in [0.5, 0.6) is 0 Å². The van der Waals surface area contributed by atoms with E-state index in [0.717, 1.165) is 5.56 Å². The fourth-order valence-electron chi connectivity index (χ4n) is 1.82. The number of rotatable bonds is 6. The Morgan fingerprint density at radius 2 is 1.81 bits per heavy atom. The maximum absolute atomic E-state index is 12.9. The highest BCUT2D eigenvalue weighted by molar-refractivity contribution is 7.13. The van der Waals surface area contributed by atoms with E-state index in [0.29, 0.717) is 5.01 Å². The van der Waals surface area contributed by atoms with E-state index in [9.17, 15) is 9.18 Å². The summed E-state index contributed by atoms with van der Waals surface area (Å²) in [5, 5.41) is 20.1. The molecule has 2 rings (SSSR count). The second-order valence-electron chi connectivity index (χ2n) is 4.28. The van der Waals surface area contributed by atoms with Crippen LogP contribution >= 0.6 is 11.3 Å². The first kappa shape index (κ1) is 15.6. The summed E-state index contributed by atoms with van der Waals surface area (Å²) in [6.07, 6.45) is 0. The summed E-state index contributed by atoms with van der Waals surface area (Å²) in [7, 11) is 0. The van der Waals surface area contributed by atoms with Crippen LogP contribution in [0.2, 0.25) is 0 Å². The number of aromatic nitrogens is 1. The molecule has 0 radical (unpaired) electrons. The van der Waals surface area contributed by atoms with Gasteiger partial charge >= 0.3 is 0 Å². The van der Waals surface area contributed by atoms with Crippen molar-refractivity contribution in [1.82, 2.24) is 9.88 Å². The molecule has 0 saturated heterocycles. The first-order chi connectivity index (χ1) is 10.2. The lowest BCUT2D eigenvalue weighted by Crippen LogP contribution is -2.36. The van der Waals surface area contributed by atoms with Gasteiger partial charge in [0.25, 0.3) is 5.91 Å². The van der Waals surface area contributed by atoms with E-state index in [1.165, 1.54) is 28.4 Å². The van der Waals surface area contributed by atoms with Gasteiger partial charge in [-0.15, -0.1) is 11.3 Å². The Bertz CT molecular complexity index is 595. The molecule has 2 aromatic rings. The summed E-state index contributed by atoms with van der Waals surface area (Å²) in [6, 6.07) is 5.87. The first-order valence-corrected chi connectivity index (χ1v) is 7.26. The molecule has 21 heavy (non-hydrogen) atoms. The Hall–Kier alpha value is -1.83. The average Bonchev–Trinajstić information content (AvgIpc) is 2.97. The largest absolute Gasteiger partial charge is 0.395 e. The molecule has 5 nitrogen and oxygen atoms in total. The molecular formula is C14H15FN2O3S. The van der Waals surface area contributed by atoms with Crippen molar-refractivity contribution in [1.29, 1.82) is 0 Å². The Morgan fingerprint density at radius 3 is 2.38 bits per heavy atom. The molecule has 0 bridgehead atoms. The SMILES string of the molecule is O=C(c1csc(-c2ccc(F)cc2)n1)N(CCO)CCO. The van der Waals surface area contributed by atoms with E-state index in [-0.39, 0.29) is 43.7 Å². The Kier molecular flexibility index (Phi) is 5.38. The number of aliphatic hydroxyl groups is 2. The van der Waals surface area contributed by atoms with Gasteiger partial charge in [0.2, 0.25) is 0 Å². The summed E-state index contributed by atoms with van der Waals surface area (Å²) < 4.78 is 12.9. The quantitative estimate of drug-likeness (QED) is 0.845. The summed E-state index contributed by atoms with van der Waals surface area (Å²) in [6.45, 7) is -0.0764. The minimum atomic E-state index is -0.345. The number of aliphatic hydroxyl groups excluding tert-OH is 2. The van der Waals surface area contributed by atoms with E-state index < -0.39 is 0 Å². The average molecular weight is 310 g/mol. The fourth-order valence-corrected chi connectivity index (χ4v) is 2.62. The molecule has 112 valence electrons. The van der Waals surface area contributed by atoms with E-state index in [1.54, 1.807) is 17.5 Å². The van der Waals surface area contributed by atoms with Gasteiger partial charge in [-0.05, 0) is 24.3 Å². The second kappa shape index (κ2) is 7.26. The molecule has 0 aliphatic rings. The summed E-state index contributed by atoms with van der Waals surface area (Å²) >= 11 is 1.28. The Morgan fingerprint density at radius 1 is 1.19 bits per heavy atom. The number of hydrogen-bond acceptors (Lipinski definition) is 5. The number of thiazole rings is 1. The van der Waals surface area contributed by atoms with Crippen LogP contribution in [0, 0.1) is 5.82 Å². The van der Waals surface area contributed by atoms with Gasteiger partial charge in [0.05, 0.1) is 13.2 Å². The van der Waals surface area contributed by atoms with Gasteiger partial charge in [-0.3, -0.25) is 4.79 Å². The maximum atomic E-state index is 12.9. The molecule has 0 aliphatic heterocycles. The highest BCUT2D eigenvalue weighted by Crippen LogP contribution is 2.24. The smallest absolute Gasteiger partial charge is 0.273 e. The monoisotopic (exact) mass is 310 g/mol. The number of benzene rings is 1. The molecule has 0 saturated carbocycles. The van der Waals surface area contributed by atoms with Gasteiger partial charge < -0.3 is 15.1 Å². The molecule has 1 heterocycles. The summed E-state index contributed by atoms with van der Waals surface area (Å²) in [4.78, 5) is 17.8. The molecule has 7 heteroatoms. The highest BCUT2D eigenvalue weighted by atomic mass is 32.1. The zero-order valence-electron chi connectivity index (χ0n) is 11.2. The van der Waals surface area contributed by atoms with Crippen LogP contribution in [-0.4, -0.2) is 52.3 Å². The standard InChI is InChI=1S/C14H15FN2O3S/c15-11-3-1-10(2-4-11)13-16-12(9-21-13)14(20)17(5-7-18)6-8-19/h1-4,9,18-19H,5-8H2. The number of nitrogens with zero attached hydrogens (tertiary/aromatic N) is 2. The van der Waals surface area contributed by atoms with Gasteiger partial charge in [-0.25, -0.2) is 9.37 Å². The van der Waals surface area contributed by atoms with Crippen molar-refractivity contribution in [2.45, 2.75) is 0 Å². The van der Waals surface area contributed by atoms with Crippen LogP contribution in [0.4, 0.5) is 4.39 Å². The first-order valence-electron chi connectivity index (χ1n) is 6.38. The number of halogens is 1. The normalized spacial score (nSPS) is 10.6. The zero-order chi connectivity index (χ0) is 15.2. The molecule has 1 aromatic carbocycles. The van der Waals surface area contributed by atoms with Gasteiger partial charge in [0.15, 0.2) is 0 Å². The van der Waals surface area contributed by atoms with Crippen molar-refractivity contribution >= 4 is 17.2 Å². The van der Waals surface area contributed by atoms with Crippen molar-refractivity contribution in [3.8, 4) is 10.6 Å². The molecule has 0 atom stereocenters.